The summed E-state index contributed by atoms with van der Waals surface area (Å²) in [6, 6.07) is 4.85. The Balaban J connectivity index is 1.65. The Morgan fingerprint density at radius 2 is 2.03 bits per heavy atom. The number of Topliss-reactive ketones (excluding diaryl/α,β-unsaturated/α-hetero) is 1. The standard InChI is InChI=1S/C19H19N3O6S2/c1-12(23)20-15-9-13(3-5-17(15)29-2)16(24)11-28-19(25)14-4-6-18-21-30(26,27)8-7-22(18)10-14/h3-6,9-10H,7-8,11H2,1-2H3,(H,20,23). The number of anilines is 1. The number of ether oxygens (including phenoxy) is 1. The third-order valence-electron chi connectivity index (χ3n) is 4.23. The van der Waals surface area contributed by atoms with Gasteiger partial charge in [0, 0.05) is 30.1 Å². The van der Waals surface area contributed by atoms with Gasteiger partial charge in [0.15, 0.2) is 12.4 Å². The highest BCUT2D eigenvalue weighted by Crippen LogP contribution is 2.27. The molecule has 158 valence electrons. The Labute approximate surface area is 177 Å². The number of esters is 1. The first-order chi connectivity index (χ1) is 14.2. The number of rotatable bonds is 6. The van der Waals surface area contributed by atoms with Gasteiger partial charge in [0.1, 0.15) is 5.84 Å². The molecule has 1 aromatic carbocycles. The number of nitrogens with one attached hydrogen (secondary N) is 1. The molecule has 0 atom stereocenters. The van der Waals surface area contributed by atoms with E-state index in [0.717, 1.165) is 4.90 Å². The number of sulfonamides is 1. The highest BCUT2D eigenvalue weighted by molar-refractivity contribution is 7.98. The van der Waals surface area contributed by atoms with E-state index in [9.17, 15) is 22.8 Å². The van der Waals surface area contributed by atoms with Crippen molar-refractivity contribution in [1.29, 1.82) is 0 Å². The minimum atomic E-state index is -3.48. The quantitative estimate of drug-likeness (QED) is 0.395. The summed E-state index contributed by atoms with van der Waals surface area (Å²) in [5.74, 6) is -1.31. The first-order valence-electron chi connectivity index (χ1n) is 8.83. The molecule has 2 aliphatic heterocycles. The van der Waals surface area contributed by atoms with Crippen LogP contribution in [0.1, 0.15) is 17.3 Å². The van der Waals surface area contributed by atoms with Crippen LogP contribution in [0.3, 0.4) is 0 Å². The Morgan fingerprint density at radius 3 is 2.73 bits per heavy atom. The van der Waals surface area contributed by atoms with E-state index in [2.05, 4.69) is 9.71 Å². The molecule has 1 aromatic rings. The van der Waals surface area contributed by atoms with Gasteiger partial charge in [-0.1, -0.05) is 6.07 Å². The number of hydrogen-bond donors (Lipinski definition) is 1. The summed E-state index contributed by atoms with van der Waals surface area (Å²) in [5.41, 5.74) is 0.989. The average Bonchev–Trinajstić information content (AvgIpc) is 2.70. The number of thioether (sulfide) groups is 1. The van der Waals surface area contributed by atoms with Gasteiger partial charge >= 0.3 is 5.97 Å². The van der Waals surface area contributed by atoms with Crippen molar-refractivity contribution in [1.82, 2.24) is 4.90 Å². The molecule has 2 aliphatic rings. The number of nitrogens with zero attached hydrogens (tertiary/aromatic N) is 2. The van der Waals surface area contributed by atoms with Gasteiger partial charge < -0.3 is 15.0 Å². The number of benzene rings is 1. The molecule has 0 radical (unpaired) electrons. The molecular weight excluding hydrogens is 430 g/mol. The van der Waals surface area contributed by atoms with Crippen LogP contribution in [0.15, 0.2) is 51.4 Å². The van der Waals surface area contributed by atoms with Crippen LogP contribution >= 0.6 is 11.8 Å². The first kappa shape index (κ1) is 21.8. The molecule has 3 rings (SSSR count). The highest BCUT2D eigenvalue weighted by atomic mass is 32.2. The number of hydrogen-bond acceptors (Lipinski definition) is 8. The number of fused-ring (bicyclic) bond motifs is 1. The zero-order valence-electron chi connectivity index (χ0n) is 16.2. The lowest BCUT2D eigenvalue weighted by atomic mass is 10.1. The molecular formula is C19H19N3O6S2. The topological polar surface area (TPSA) is 122 Å². The minimum Gasteiger partial charge on any atom is -0.454 e. The molecule has 0 aromatic heterocycles. The van der Waals surface area contributed by atoms with Crippen LogP contribution in [0.4, 0.5) is 5.69 Å². The predicted octanol–water partition coefficient (Wildman–Crippen LogP) is 1.59. The summed E-state index contributed by atoms with van der Waals surface area (Å²) in [4.78, 5) is 38.4. The molecule has 0 saturated heterocycles. The third-order valence-corrected chi connectivity index (χ3v) is 6.19. The first-order valence-corrected chi connectivity index (χ1v) is 11.7. The smallest absolute Gasteiger partial charge is 0.340 e. The lowest BCUT2D eigenvalue weighted by Crippen LogP contribution is -2.37. The molecule has 0 saturated carbocycles. The van der Waals surface area contributed by atoms with E-state index in [0.29, 0.717) is 11.3 Å². The molecule has 0 spiro atoms. The van der Waals surface area contributed by atoms with Gasteiger partial charge in [-0.3, -0.25) is 9.59 Å². The Morgan fingerprint density at radius 1 is 1.27 bits per heavy atom. The lowest BCUT2D eigenvalue weighted by Gasteiger charge is -2.26. The lowest BCUT2D eigenvalue weighted by molar-refractivity contribution is -0.137. The van der Waals surface area contributed by atoms with Crippen molar-refractivity contribution in [3.8, 4) is 0 Å². The second-order valence-corrected chi connectivity index (χ2v) is 9.04. The zero-order valence-corrected chi connectivity index (χ0v) is 17.9. The van der Waals surface area contributed by atoms with Crippen LogP contribution < -0.4 is 5.32 Å². The number of carbonyl (C=O) groups excluding carboxylic acids is 3. The summed E-state index contributed by atoms with van der Waals surface area (Å²) in [6.07, 6.45) is 6.10. The molecule has 0 bridgehead atoms. The molecule has 0 aliphatic carbocycles. The maximum absolute atomic E-state index is 12.4. The van der Waals surface area contributed by atoms with E-state index in [4.69, 9.17) is 4.74 Å². The van der Waals surface area contributed by atoms with Crippen LogP contribution in [0.5, 0.6) is 0 Å². The fourth-order valence-electron chi connectivity index (χ4n) is 2.79. The number of amidine groups is 1. The van der Waals surface area contributed by atoms with Gasteiger partial charge in [0.05, 0.1) is 17.0 Å². The third kappa shape index (κ3) is 5.16. The zero-order chi connectivity index (χ0) is 21.9. The summed E-state index contributed by atoms with van der Waals surface area (Å²) in [6.45, 7) is 1.08. The Hall–Kier alpha value is -2.92. The molecule has 1 N–H and O–H groups in total. The van der Waals surface area contributed by atoms with E-state index in [1.54, 1.807) is 23.1 Å². The van der Waals surface area contributed by atoms with Crippen LogP contribution in [-0.4, -0.2) is 62.0 Å². The minimum absolute atomic E-state index is 0.148. The predicted molar refractivity (Wildman–Crippen MR) is 113 cm³/mol. The maximum atomic E-state index is 12.4. The molecule has 9 nitrogen and oxygen atoms in total. The average molecular weight is 450 g/mol. The summed E-state index contributed by atoms with van der Waals surface area (Å²) < 4.78 is 31.8. The van der Waals surface area contributed by atoms with Crippen molar-refractivity contribution in [2.24, 2.45) is 4.40 Å². The number of ketones is 1. The van der Waals surface area contributed by atoms with Crippen LogP contribution in [-0.2, 0) is 24.3 Å². The largest absolute Gasteiger partial charge is 0.454 e. The second-order valence-electron chi connectivity index (χ2n) is 6.44. The monoisotopic (exact) mass is 449 g/mol. The van der Waals surface area contributed by atoms with Crippen molar-refractivity contribution in [2.45, 2.75) is 11.8 Å². The van der Waals surface area contributed by atoms with E-state index in [-0.39, 0.29) is 29.6 Å². The number of amides is 1. The molecule has 30 heavy (non-hydrogen) atoms. The number of carbonyl (C=O) groups is 3. The van der Waals surface area contributed by atoms with Gasteiger partial charge in [0.2, 0.25) is 5.91 Å². The van der Waals surface area contributed by atoms with Crippen molar-refractivity contribution in [2.75, 3.05) is 30.5 Å². The summed E-state index contributed by atoms with van der Waals surface area (Å²) in [7, 11) is -3.48. The van der Waals surface area contributed by atoms with E-state index < -0.39 is 28.4 Å². The Kier molecular flexibility index (Phi) is 6.42. The van der Waals surface area contributed by atoms with E-state index in [1.165, 1.54) is 37.0 Å². The summed E-state index contributed by atoms with van der Waals surface area (Å²) in [5, 5.41) is 2.67. The van der Waals surface area contributed by atoms with E-state index in [1.807, 2.05) is 6.26 Å². The van der Waals surface area contributed by atoms with Crippen molar-refractivity contribution in [3.05, 3.63) is 47.7 Å². The van der Waals surface area contributed by atoms with Crippen molar-refractivity contribution in [3.63, 3.8) is 0 Å². The van der Waals surface area contributed by atoms with Crippen LogP contribution in [0, 0.1) is 0 Å². The van der Waals surface area contributed by atoms with Gasteiger partial charge in [-0.25, -0.2) is 13.2 Å². The molecule has 0 fully saturated rings. The normalized spacial score (nSPS) is 16.8. The fraction of sp³-hybridized carbons (Fsp3) is 0.263. The molecule has 0 unspecified atom stereocenters. The maximum Gasteiger partial charge on any atom is 0.340 e. The molecule has 1 amide bonds. The Bertz CT molecular complexity index is 1110. The van der Waals surface area contributed by atoms with Crippen LogP contribution in [0.2, 0.25) is 0 Å². The SMILES string of the molecule is CSc1ccc(C(=O)COC(=O)C2=CN3CCS(=O)(=O)N=C3C=C2)cc1NC(C)=O. The summed E-state index contributed by atoms with van der Waals surface area (Å²) >= 11 is 1.43. The van der Waals surface area contributed by atoms with Crippen LogP contribution in [0.25, 0.3) is 0 Å². The van der Waals surface area contributed by atoms with Crippen molar-refractivity contribution >= 4 is 51.0 Å². The molecule has 11 heteroatoms. The van der Waals surface area contributed by atoms with Gasteiger partial charge in [-0.2, -0.15) is 0 Å². The van der Waals surface area contributed by atoms with Crippen molar-refractivity contribution < 1.29 is 27.5 Å². The van der Waals surface area contributed by atoms with Gasteiger partial charge in [-0.05, 0) is 30.5 Å². The van der Waals surface area contributed by atoms with Gasteiger partial charge in [-0.15, -0.1) is 16.2 Å². The molecule has 2 heterocycles. The fourth-order valence-corrected chi connectivity index (χ4v) is 4.29. The second kappa shape index (κ2) is 8.84. The van der Waals surface area contributed by atoms with Gasteiger partial charge in [0.25, 0.3) is 10.0 Å². The highest BCUT2D eigenvalue weighted by Gasteiger charge is 2.25. The van der Waals surface area contributed by atoms with E-state index >= 15 is 0 Å².